The number of anilines is 1. The fourth-order valence-corrected chi connectivity index (χ4v) is 3.45. The highest BCUT2D eigenvalue weighted by atomic mass is 32.1. The van der Waals surface area contributed by atoms with Crippen molar-refractivity contribution in [2.24, 2.45) is 0 Å². The molecule has 2 rings (SSSR count). The second kappa shape index (κ2) is 6.00. The molecule has 1 aromatic rings. The van der Waals surface area contributed by atoms with Gasteiger partial charge in [-0.2, -0.15) is 0 Å². The summed E-state index contributed by atoms with van der Waals surface area (Å²) in [5.41, 5.74) is 1.39. The summed E-state index contributed by atoms with van der Waals surface area (Å²) < 4.78 is 0. The molecule has 1 saturated heterocycles. The molecule has 1 aliphatic rings. The summed E-state index contributed by atoms with van der Waals surface area (Å²) in [5, 5.41) is 4.67. The molecular weight excluding hydrogens is 268 g/mol. The Bertz CT molecular complexity index is 453. The van der Waals surface area contributed by atoms with E-state index in [1.807, 2.05) is 11.3 Å². The number of aryl methyl sites for hydroxylation is 1. The third-order valence-corrected chi connectivity index (χ3v) is 5.36. The van der Waals surface area contributed by atoms with Crippen molar-refractivity contribution >= 4 is 16.5 Å². The minimum Gasteiger partial charge on any atom is -0.345 e. The number of nitrogens with zero attached hydrogens (tertiary/aromatic N) is 3. The van der Waals surface area contributed by atoms with E-state index in [1.54, 1.807) is 0 Å². The first-order chi connectivity index (χ1) is 9.29. The van der Waals surface area contributed by atoms with Crippen LogP contribution in [0.5, 0.6) is 0 Å². The van der Waals surface area contributed by atoms with Gasteiger partial charge in [0.2, 0.25) is 0 Å². The van der Waals surface area contributed by atoms with Crippen molar-refractivity contribution in [1.82, 2.24) is 15.2 Å². The van der Waals surface area contributed by atoms with E-state index in [4.69, 9.17) is 4.98 Å². The van der Waals surface area contributed by atoms with Crippen molar-refractivity contribution in [3.63, 3.8) is 0 Å². The maximum absolute atomic E-state index is 4.79. The Morgan fingerprint density at radius 1 is 1.35 bits per heavy atom. The summed E-state index contributed by atoms with van der Waals surface area (Å²) in [6.07, 6.45) is 0. The molecule has 0 atom stereocenters. The fraction of sp³-hybridized carbons (Fsp3) is 0.800. The highest BCUT2D eigenvalue weighted by Crippen LogP contribution is 2.30. The van der Waals surface area contributed by atoms with Gasteiger partial charge in [-0.15, -0.1) is 11.3 Å². The van der Waals surface area contributed by atoms with Gasteiger partial charge in [0.25, 0.3) is 0 Å². The topological polar surface area (TPSA) is 31.4 Å². The van der Waals surface area contributed by atoms with E-state index in [9.17, 15) is 0 Å². The van der Waals surface area contributed by atoms with Gasteiger partial charge in [-0.25, -0.2) is 4.98 Å². The summed E-state index contributed by atoms with van der Waals surface area (Å²) in [6.45, 7) is 15.3. The lowest BCUT2D eigenvalue weighted by Crippen LogP contribution is -2.57. The van der Waals surface area contributed by atoms with Crippen molar-refractivity contribution in [1.29, 1.82) is 0 Å². The van der Waals surface area contributed by atoms with Crippen LogP contribution in [0.25, 0.3) is 0 Å². The maximum atomic E-state index is 4.79. The van der Waals surface area contributed by atoms with Crippen LogP contribution in [0.3, 0.4) is 0 Å². The van der Waals surface area contributed by atoms with Crippen LogP contribution >= 0.6 is 11.3 Å². The van der Waals surface area contributed by atoms with E-state index in [0.717, 1.165) is 26.2 Å². The van der Waals surface area contributed by atoms with E-state index in [2.05, 4.69) is 56.8 Å². The summed E-state index contributed by atoms with van der Waals surface area (Å²) in [5.74, 6) is 0. The van der Waals surface area contributed by atoms with Crippen LogP contribution in [0.15, 0.2) is 0 Å². The molecule has 5 heteroatoms. The Morgan fingerprint density at radius 2 is 2.05 bits per heavy atom. The number of aromatic nitrogens is 1. The number of likely N-dealkylation sites (N-methyl/N-ethyl adjacent to an activating group) is 1. The van der Waals surface area contributed by atoms with Gasteiger partial charge in [-0.3, -0.25) is 4.90 Å². The second-order valence-corrected chi connectivity index (χ2v) is 7.76. The molecule has 1 aromatic heterocycles. The van der Waals surface area contributed by atoms with Crippen LogP contribution < -0.4 is 10.2 Å². The average molecular weight is 296 g/mol. The number of hydrogen-bond donors (Lipinski definition) is 1. The van der Waals surface area contributed by atoms with E-state index in [0.29, 0.717) is 6.04 Å². The van der Waals surface area contributed by atoms with Crippen molar-refractivity contribution in [2.45, 2.75) is 52.7 Å². The Balaban J connectivity index is 2.08. The molecular formula is C15H28N4S. The zero-order chi connectivity index (χ0) is 14.9. The van der Waals surface area contributed by atoms with Gasteiger partial charge < -0.3 is 10.2 Å². The van der Waals surface area contributed by atoms with E-state index < -0.39 is 0 Å². The quantitative estimate of drug-likeness (QED) is 0.925. The summed E-state index contributed by atoms with van der Waals surface area (Å²) in [6, 6.07) is 0.516. The zero-order valence-corrected chi connectivity index (χ0v) is 14.5. The molecule has 0 bridgehead atoms. The van der Waals surface area contributed by atoms with Crippen molar-refractivity contribution in [2.75, 3.05) is 31.6 Å². The molecule has 2 heterocycles. The molecule has 0 radical (unpaired) electrons. The molecule has 114 valence electrons. The number of hydrogen-bond acceptors (Lipinski definition) is 5. The molecule has 20 heavy (non-hydrogen) atoms. The summed E-state index contributed by atoms with van der Waals surface area (Å²) in [4.78, 5) is 11.0. The van der Waals surface area contributed by atoms with Crippen molar-refractivity contribution in [3.8, 4) is 0 Å². The van der Waals surface area contributed by atoms with E-state index >= 15 is 0 Å². The monoisotopic (exact) mass is 296 g/mol. The Labute approximate surface area is 127 Å². The lowest BCUT2D eigenvalue weighted by atomic mass is 10.0. The van der Waals surface area contributed by atoms with Crippen molar-refractivity contribution < 1.29 is 0 Å². The van der Waals surface area contributed by atoms with E-state index in [1.165, 1.54) is 15.7 Å². The minimum absolute atomic E-state index is 0.216. The van der Waals surface area contributed by atoms with Crippen LogP contribution in [0.4, 0.5) is 5.13 Å². The number of nitrogens with one attached hydrogen (secondary N) is 1. The molecule has 0 amide bonds. The molecule has 1 fully saturated rings. The smallest absolute Gasteiger partial charge is 0.185 e. The largest absolute Gasteiger partial charge is 0.345 e. The molecule has 0 aliphatic carbocycles. The highest BCUT2D eigenvalue weighted by molar-refractivity contribution is 7.15. The minimum atomic E-state index is 0.216. The summed E-state index contributed by atoms with van der Waals surface area (Å²) in [7, 11) is 2.21. The SMILES string of the molecule is Cc1nc(N2CCN(C)C(C)(C)C2)sc1CNC(C)C. The van der Waals surface area contributed by atoms with Gasteiger partial charge in [0.05, 0.1) is 5.69 Å². The zero-order valence-electron chi connectivity index (χ0n) is 13.7. The lowest BCUT2D eigenvalue weighted by Gasteiger charge is -2.45. The third kappa shape index (κ3) is 3.51. The van der Waals surface area contributed by atoms with Gasteiger partial charge in [0.15, 0.2) is 5.13 Å². The highest BCUT2D eigenvalue weighted by Gasteiger charge is 2.32. The lowest BCUT2D eigenvalue weighted by molar-refractivity contribution is 0.139. The number of thiazole rings is 1. The number of piperazine rings is 1. The predicted molar refractivity (Wildman–Crippen MR) is 87.7 cm³/mol. The molecule has 0 saturated carbocycles. The second-order valence-electron chi connectivity index (χ2n) is 6.70. The molecule has 0 aromatic carbocycles. The molecule has 0 unspecified atom stereocenters. The Hall–Kier alpha value is -0.650. The van der Waals surface area contributed by atoms with Crippen LogP contribution in [-0.2, 0) is 6.54 Å². The first kappa shape index (κ1) is 15.7. The standard InChI is InChI=1S/C15H28N4S/c1-11(2)16-9-13-12(3)17-14(20-13)19-8-7-18(6)15(4,5)10-19/h11,16H,7-10H2,1-6H3. The third-order valence-electron chi connectivity index (χ3n) is 4.14. The van der Waals surface area contributed by atoms with Crippen LogP contribution in [-0.4, -0.2) is 48.1 Å². The normalized spacial score (nSPS) is 19.9. The van der Waals surface area contributed by atoms with Crippen LogP contribution in [0.1, 0.15) is 38.3 Å². The van der Waals surface area contributed by atoms with Gasteiger partial charge in [-0.05, 0) is 27.8 Å². The first-order valence-corrected chi connectivity index (χ1v) is 8.27. The van der Waals surface area contributed by atoms with Gasteiger partial charge in [-0.1, -0.05) is 13.8 Å². The van der Waals surface area contributed by atoms with Gasteiger partial charge in [0.1, 0.15) is 0 Å². The maximum Gasteiger partial charge on any atom is 0.185 e. The van der Waals surface area contributed by atoms with Gasteiger partial charge in [0, 0.05) is 42.6 Å². The average Bonchev–Trinajstić information content (AvgIpc) is 2.71. The molecule has 1 N–H and O–H groups in total. The molecule has 1 aliphatic heterocycles. The number of rotatable bonds is 4. The fourth-order valence-electron chi connectivity index (χ4n) is 2.41. The van der Waals surface area contributed by atoms with Crippen LogP contribution in [0, 0.1) is 6.92 Å². The summed E-state index contributed by atoms with van der Waals surface area (Å²) >= 11 is 1.84. The van der Waals surface area contributed by atoms with Gasteiger partial charge >= 0.3 is 0 Å². The Morgan fingerprint density at radius 3 is 2.65 bits per heavy atom. The predicted octanol–water partition coefficient (Wildman–Crippen LogP) is 2.48. The molecule has 4 nitrogen and oxygen atoms in total. The van der Waals surface area contributed by atoms with Crippen LogP contribution in [0.2, 0.25) is 0 Å². The van der Waals surface area contributed by atoms with E-state index in [-0.39, 0.29) is 5.54 Å². The first-order valence-electron chi connectivity index (χ1n) is 7.45. The van der Waals surface area contributed by atoms with Crippen molar-refractivity contribution in [3.05, 3.63) is 10.6 Å². The Kier molecular flexibility index (Phi) is 4.72. The molecule has 0 spiro atoms.